The van der Waals surface area contributed by atoms with Gasteiger partial charge in [0.2, 0.25) is 0 Å². The number of nitrogens with zero attached hydrogens (tertiary/aromatic N) is 1. The molecule has 2 aromatic rings. The number of hydrogen-bond donors (Lipinski definition) is 1. The Labute approximate surface area is 158 Å². The van der Waals surface area contributed by atoms with E-state index in [1.807, 2.05) is 12.1 Å². The number of rotatable bonds is 10. The predicted molar refractivity (Wildman–Crippen MR) is 98.2 cm³/mol. The molecule has 5 nitrogen and oxygen atoms in total. The minimum absolute atomic E-state index is 0.0950. The molecule has 0 spiro atoms. The van der Waals surface area contributed by atoms with Crippen molar-refractivity contribution in [2.24, 2.45) is 0 Å². The molecule has 0 aliphatic carbocycles. The van der Waals surface area contributed by atoms with Gasteiger partial charge in [0.15, 0.2) is 11.5 Å². The van der Waals surface area contributed by atoms with E-state index in [0.29, 0.717) is 31.0 Å². The molecule has 1 N–H and O–H groups in total. The van der Waals surface area contributed by atoms with Crippen LogP contribution in [0.4, 0.5) is 8.78 Å². The van der Waals surface area contributed by atoms with Crippen molar-refractivity contribution in [2.45, 2.75) is 39.0 Å². The summed E-state index contributed by atoms with van der Waals surface area (Å²) >= 11 is 0. The summed E-state index contributed by atoms with van der Waals surface area (Å²) in [4.78, 5) is 2.39. The van der Waals surface area contributed by atoms with Crippen LogP contribution in [0.2, 0.25) is 0 Å². The molecule has 1 aromatic heterocycles. The number of benzene rings is 1. The van der Waals surface area contributed by atoms with Crippen molar-refractivity contribution >= 4 is 0 Å². The van der Waals surface area contributed by atoms with Crippen LogP contribution in [0, 0.1) is 0 Å². The van der Waals surface area contributed by atoms with E-state index in [2.05, 4.69) is 10.2 Å². The van der Waals surface area contributed by atoms with Crippen LogP contribution in [-0.4, -0.2) is 37.8 Å². The van der Waals surface area contributed by atoms with Gasteiger partial charge in [0, 0.05) is 18.7 Å². The highest BCUT2D eigenvalue weighted by molar-refractivity contribution is 5.46. The number of alkyl halides is 2. The lowest BCUT2D eigenvalue weighted by Gasteiger charge is -2.26. The third-order valence-corrected chi connectivity index (χ3v) is 4.67. The highest BCUT2D eigenvalue weighted by atomic mass is 19.3. The van der Waals surface area contributed by atoms with Crippen LogP contribution in [0.3, 0.4) is 0 Å². The quantitative estimate of drug-likeness (QED) is 0.669. The second kappa shape index (κ2) is 9.71. The Hall–Kier alpha value is -2.12. The zero-order valence-electron chi connectivity index (χ0n) is 15.5. The maximum Gasteiger partial charge on any atom is 0.387 e. The standard InChI is InChI=1S/C20H26F2N2O3/c1-2-25-18-8-5-7-15(19(18)27-20(21)22)13-23-14-16(17-9-6-12-26-17)24-10-3-4-11-24/h5-9,12,16,20,23H,2-4,10-11,13-14H2,1H3. The van der Waals surface area contributed by atoms with E-state index in [4.69, 9.17) is 13.9 Å². The number of likely N-dealkylation sites (tertiary alicyclic amines) is 1. The van der Waals surface area contributed by atoms with Gasteiger partial charge in [0.25, 0.3) is 0 Å². The van der Waals surface area contributed by atoms with Crippen LogP contribution in [0.1, 0.15) is 37.1 Å². The third kappa shape index (κ3) is 5.20. The number of halogens is 2. The average Bonchev–Trinajstić information content (AvgIpc) is 3.35. The van der Waals surface area contributed by atoms with Gasteiger partial charge in [0.1, 0.15) is 5.76 Å². The van der Waals surface area contributed by atoms with E-state index in [-0.39, 0.29) is 11.8 Å². The first-order valence-electron chi connectivity index (χ1n) is 9.36. The van der Waals surface area contributed by atoms with Crippen molar-refractivity contribution < 1.29 is 22.7 Å². The zero-order valence-corrected chi connectivity index (χ0v) is 15.5. The van der Waals surface area contributed by atoms with E-state index < -0.39 is 6.61 Å². The lowest BCUT2D eigenvalue weighted by Crippen LogP contribution is -2.33. The van der Waals surface area contributed by atoms with E-state index in [0.717, 1.165) is 18.8 Å². The van der Waals surface area contributed by atoms with Crippen molar-refractivity contribution in [1.29, 1.82) is 0 Å². The molecule has 1 aromatic carbocycles. The van der Waals surface area contributed by atoms with E-state index in [9.17, 15) is 8.78 Å². The van der Waals surface area contributed by atoms with Crippen molar-refractivity contribution in [3.8, 4) is 11.5 Å². The van der Waals surface area contributed by atoms with Crippen molar-refractivity contribution in [3.63, 3.8) is 0 Å². The zero-order chi connectivity index (χ0) is 19.1. The Bertz CT molecular complexity index is 689. The molecule has 1 aliphatic heterocycles. The number of nitrogens with one attached hydrogen (secondary N) is 1. The molecule has 0 bridgehead atoms. The van der Waals surface area contributed by atoms with E-state index in [1.165, 1.54) is 12.8 Å². The number of ether oxygens (including phenoxy) is 2. The van der Waals surface area contributed by atoms with E-state index in [1.54, 1.807) is 31.4 Å². The van der Waals surface area contributed by atoms with Gasteiger partial charge in [-0.15, -0.1) is 0 Å². The van der Waals surface area contributed by atoms with Gasteiger partial charge in [-0.25, -0.2) is 0 Å². The lowest BCUT2D eigenvalue weighted by molar-refractivity contribution is -0.0521. The average molecular weight is 380 g/mol. The fourth-order valence-electron chi connectivity index (χ4n) is 3.48. The van der Waals surface area contributed by atoms with Gasteiger partial charge in [-0.2, -0.15) is 8.78 Å². The molecule has 1 atom stereocenters. The van der Waals surface area contributed by atoms with Crippen LogP contribution in [0.15, 0.2) is 41.0 Å². The van der Waals surface area contributed by atoms with Crippen LogP contribution < -0.4 is 14.8 Å². The lowest BCUT2D eigenvalue weighted by atomic mass is 10.1. The topological polar surface area (TPSA) is 46.9 Å². The molecular weight excluding hydrogens is 354 g/mol. The molecule has 1 unspecified atom stereocenters. The molecule has 0 amide bonds. The Morgan fingerprint density at radius 1 is 1.19 bits per heavy atom. The summed E-state index contributed by atoms with van der Waals surface area (Å²) in [6.45, 7) is 2.41. The monoisotopic (exact) mass is 380 g/mol. The fraction of sp³-hybridized carbons (Fsp3) is 0.500. The summed E-state index contributed by atoms with van der Waals surface area (Å²) in [6.07, 6.45) is 4.04. The van der Waals surface area contributed by atoms with Crippen molar-refractivity contribution in [1.82, 2.24) is 10.2 Å². The van der Waals surface area contributed by atoms with Crippen LogP contribution in [0.5, 0.6) is 11.5 Å². The Morgan fingerprint density at radius 3 is 2.67 bits per heavy atom. The maximum atomic E-state index is 12.8. The maximum absolute atomic E-state index is 12.8. The molecule has 27 heavy (non-hydrogen) atoms. The summed E-state index contributed by atoms with van der Waals surface area (Å²) in [5.41, 5.74) is 0.640. The van der Waals surface area contributed by atoms with Gasteiger partial charge >= 0.3 is 6.61 Å². The van der Waals surface area contributed by atoms with Gasteiger partial charge in [-0.1, -0.05) is 12.1 Å². The molecule has 1 saturated heterocycles. The van der Waals surface area contributed by atoms with Crippen LogP contribution >= 0.6 is 0 Å². The molecule has 148 valence electrons. The summed E-state index contributed by atoms with van der Waals surface area (Å²) in [5.74, 6) is 1.34. The van der Waals surface area contributed by atoms with Gasteiger partial charge < -0.3 is 19.2 Å². The Kier molecular flexibility index (Phi) is 7.06. The van der Waals surface area contributed by atoms with Crippen molar-refractivity contribution in [2.75, 3.05) is 26.2 Å². The van der Waals surface area contributed by atoms with Crippen molar-refractivity contribution in [3.05, 3.63) is 47.9 Å². The minimum Gasteiger partial charge on any atom is -0.490 e. The first kappa shape index (κ1) is 19.6. The molecular formula is C20H26F2N2O3. The largest absolute Gasteiger partial charge is 0.490 e. The minimum atomic E-state index is -2.90. The molecule has 2 heterocycles. The smallest absolute Gasteiger partial charge is 0.387 e. The second-order valence-corrected chi connectivity index (χ2v) is 6.46. The Balaban J connectivity index is 1.68. The molecule has 1 fully saturated rings. The molecule has 7 heteroatoms. The first-order valence-corrected chi connectivity index (χ1v) is 9.36. The van der Waals surface area contributed by atoms with Gasteiger partial charge in [-0.3, -0.25) is 4.90 Å². The summed E-state index contributed by atoms with van der Waals surface area (Å²) in [5, 5.41) is 3.37. The third-order valence-electron chi connectivity index (χ3n) is 4.67. The molecule has 0 radical (unpaired) electrons. The highest BCUT2D eigenvalue weighted by Gasteiger charge is 2.25. The van der Waals surface area contributed by atoms with Crippen LogP contribution in [-0.2, 0) is 6.54 Å². The predicted octanol–water partition coefficient (Wildman–Crippen LogP) is 4.21. The molecule has 1 aliphatic rings. The Morgan fingerprint density at radius 2 is 2.00 bits per heavy atom. The number of hydrogen-bond acceptors (Lipinski definition) is 5. The summed E-state index contributed by atoms with van der Waals surface area (Å²) < 4.78 is 41.5. The molecule has 0 saturated carbocycles. The van der Waals surface area contributed by atoms with Crippen LogP contribution in [0.25, 0.3) is 0 Å². The SMILES string of the molecule is CCOc1cccc(CNCC(c2ccco2)N2CCCC2)c1OC(F)F. The summed E-state index contributed by atoms with van der Waals surface area (Å²) in [7, 11) is 0. The van der Waals surface area contributed by atoms with Gasteiger partial charge in [0.05, 0.1) is 18.9 Å². The summed E-state index contributed by atoms with van der Waals surface area (Å²) in [6, 6.07) is 9.18. The van der Waals surface area contributed by atoms with E-state index >= 15 is 0 Å². The number of para-hydroxylation sites is 1. The normalized spacial score (nSPS) is 16.0. The second-order valence-electron chi connectivity index (χ2n) is 6.46. The first-order chi connectivity index (χ1) is 13.2. The molecule has 3 rings (SSSR count). The highest BCUT2D eigenvalue weighted by Crippen LogP contribution is 2.33. The fourth-order valence-corrected chi connectivity index (χ4v) is 3.48. The number of furan rings is 1. The van der Waals surface area contributed by atoms with Gasteiger partial charge in [-0.05, 0) is 51.1 Å².